The first-order chi connectivity index (χ1) is 15.4. The van der Waals surface area contributed by atoms with Crippen molar-refractivity contribution in [1.82, 2.24) is 14.7 Å². The number of benzene rings is 2. The lowest BCUT2D eigenvalue weighted by atomic mass is 10.0. The molecule has 0 radical (unpaired) electrons. The van der Waals surface area contributed by atoms with E-state index >= 15 is 0 Å². The Kier molecular flexibility index (Phi) is 6.11. The van der Waals surface area contributed by atoms with Crippen LogP contribution in [0, 0.1) is 6.92 Å². The SMILES string of the molecule is COc1ccc(-c2nn(-c3ccccc3)cc2/C=C2\SC(=S)N(CC(=O)[O-])C2=O)c(C)c1. The second-order valence-electron chi connectivity index (χ2n) is 7.03. The molecule has 1 amide bonds. The second-order valence-corrected chi connectivity index (χ2v) is 8.71. The number of aryl methyl sites for hydroxylation is 1. The molecule has 1 aliphatic rings. The Hall–Kier alpha value is -3.43. The Morgan fingerprint density at radius 3 is 2.66 bits per heavy atom. The van der Waals surface area contributed by atoms with E-state index in [1.807, 2.05) is 61.7 Å². The highest BCUT2D eigenvalue weighted by atomic mass is 32.2. The smallest absolute Gasteiger partial charge is 0.266 e. The van der Waals surface area contributed by atoms with Crippen molar-refractivity contribution in [2.45, 2.75) is 6.92 Å². The van der Waals surface area contributed by atoms with Crippen molar-refractivity contribution >= 4 is 46.3 Å². The van der Waals surface area contributed by atoms with Crippen LogP contribution in [0.15, 0.2) is 59.6 Å². The van der Waals surface area contributed by atoms with Crippen LogP contribution in [-0.4, -0.2) is 44.5 Å². The van der Waals surface area contributed by atoms with Gasteiger partial charge in [0.2, 0.25) is 0 Å². The molecular weight excluding hydrogens is 446 g/mol. The summed E-state index contributed by atoms with van der Waals surface area (Å²) in [6, 6.07) is 15.3. The molecule has 2 heterocycles. The van der Waals surface area contributed by atoms with Gasteiger partial charge in [-0.2, -0.15) is 5.10 Å². The number of amides is 1. The van der Waals surface area contributed by atoms with Gasteiger partial charge in [0.05, 0.1) is 30.2 Å². The molecule has 1 aromatic heterocycles. The topological polar surface area (TPSA) is 87.5 Å². The Bertz CT molecular complexity index is 1250. The van der Waals surface area contributed by atoms with Gasteiger partial charge in [0, 0.05) is 17.3 Å². The lowest BCUT2D eigenvalue weighted by molar-refractivity contribution is -0.305. The van der Waals surface area contributed by atoms with Crippen LogP contribution in [0.3, 0.4) is 0 Å². The number of rotatable bonds is 6. The summed E-state index contributed by atoms with van der Waals surface area (Å²) in [4.78, 5) is 25.1. The van der Waals surface area contributed by atoms with Crippen molar-refractivity contribution in [3.8, 4) is 22.7 Å². The number of para-hydroxylation sites is 1. The maximum Gasteiger partial charge on any atom is 0.266 e. The van der Waals surface area contributed by atoms with Crippen molar-refractivity contribution in [1.29, 1.82) is 0 Å². The molecule has 1 fully saturated rings. The Morgan fingerprint density at radius 2 is 2.00 bits per heavy atom. The number of hydrogen-bond donors (Lipinski definition) is 0. The third kappa shape index (κ3) is 4.30. The molecule has 7 nitrogen and oxygen atoms in total. The summed E-state index contributed by atoms with van der Waals surface area (Å²) in [6.45, 7) is 1.39. The molecule has 0 unspecified atom stereocenters. The highest BCUT2D eigenvalue weighted by Crippen LogP contribution is 2.36. The first-order valence-corrected chi connectivity index (χ1v) is 10.8. The number of carbonyl (C=O) groups is 2. The van der Waals surface area contributed by atoms with Crippen LogP contribution in [0.5, 0.6) is 5.75 Å². The van der Waals surface area contributed by atoms with Crippen molar-refractivity contribution in [3.63, 3.8) is 0 Å². The molecule has 0 bridgehead atoms. The number of thiocarbonyl (C=S) groups is 1. The monoisotopic (exact) mass is 464 g/mol. The molecule has 0 spiro atoms. The van der Waals surface area contributed by atoms with E-state index < -0.39 is 18.4 Å². The molecule has 0 atom stereocenters. The number of aromatic nitrogens is 2. The van der Waals surface area contributed by atoms with Crippen molar-refractivity contribution in [2.24, 2.45) is 0 Å². The van der Waals surface area contributed by atoms with Crippen molar-refractivity contribution in [2.75, 3.05) is 13.7 Å². The van der Waals surface area contributed by atoms with Crippen LogP contribution in [-0.2, 0) is 9.59 Å². The molecule has 4 rings (SSSR count). The molecular formula is C23H18N3O4S2-. The van der Waals surface area contributed by atoms with Gasteiger partial charge in [-0.1, -0.05) is 42.2 Å². The third-order valence-corrected chi connectivity index (χ3v) is 6.28. The van der Waals surface area contributed by atoms with Gasteiger partial charge in [-0.25, -0.2) is 4.68 Å². The van der Waals surface area contributed by atoms with E-state index in [0.29, 0.717) is 16.2 Å². The van der Waals surface area contributed by atoms with Crippen LogP contribution < -0.4 is 9.84 Å². The van der Waals surface area contributed by atoms with E-state index in [2.05, 4.69) is 0 Å². The molecule has 1 aliphatic heterocycles. The van der Waals surface area contributed by atoms with Crippen LogP contribution >= 0.6 is 24.0 Å². The predicted octanol–water partition coefficient (Wildman–Crippen LogP) is 2.81. The average Bonchev–Trinajstić information content (AvgIpc) is 3.30. The zero-order valence-electron chi connectivity index (χ0n) is 17.3. The van der Waals surface area contributed by atoms with E-state index in [4.69, 9.17) is 22.1 Å². The van der Waals surface area contributed by atoms with Crippen LogP contribution in [0.25, 0.3) is 23.0 Å². The van der Waals surface area contributed by atoms with E-state index in [9.17, 15) is 14.7 Å². The largest absolute Gasteiger partial charge is 0.548 e. The summed E-state index contributed by atoms with van der Waals surface area (Å²) in [7, 11) is 1.61. The fourth-order valence-corrected chi connectivity index (χ4v) is 4.60. The van der Waals surface area contributed by atoms with Gasteiger partial charge >= 0.3 is 0 Å². The minimum Gasteiger partial charge on any atom is -0.548 e. The Morgan fingerprint density at radius 1 is 1.25 bits per heavy atom. The number of nitrogens with zero attached hydrogens (tertiary/aromatic N) is 3. The van der Waals surface area contributed by atoms with Gasteiger partial charge in [0.25, 0.3) is 5.91 Å². The van der Waals surface area contributed by atoms with Gasteiger partial charge in [0.1, 0.15) is 15.8 Å². The minimum atomic E-state index is -1.37. The maximum atomic E-state index is 12.7. The van der Waals surface area contributed by atoms with Gasteiger partial charge in [-0.15, -0.1) is 0 Å². The molecule has 1 saturated heterocycles. The van der Waals surface area contributed by atoms with E-state index in [1.165, 1.54) is 0 Å². The number of carboxylic acids is 1. The summed E-state index contributed by atoms with van der Waals surface area (Å²) in [5.74, 6) is -1.10. The number of ether oxygens (including phenoxy) is 1. The highest BCUT2D eigenvalue weighted by molar-refractivity contribution is 8.26. The van der Waals surface area contributed by atoms with Crippen LogP contribution in [0.1, 0.15) is 11.1 Å². The van der Waals surface area contributed by atoms with Gasteiger partial charge < -0.3 is 14.6 Å². The summed E-state index contributed by atoms with van der Waals surface area (Å²) in [6.07, 6.45) is 3.53. The molecule has 0 saturated carbocycles. The summed E-state index contributed by atoms with van der Waals surface area (Å²) < 4.78 is 7.24. The zero-order chi connectivity index (χ0) is 22.8. The fourth-order valence-electron chi connectivity index (χ4n) is 3.35. The highest BCUT2D eigenvalue weighted by Gasteiger charge is 2.32. The number of hydrogen-bond acceptors (Lipinski definition) is 7. The van der Waals surface area contributed by atoms with E-state index in [-0.39, 0.29) is 4.32 Å². The lowest BCUT2D eigenvalue weighted by Crippen LogP contribution is -2.40. The molecule has 9 heteroatoms. The van der Waals surface area contributed by atoms with E-state index in [1.54, 1.807) is 17.9 Å². The minimum absolute atomic E-state index is 0.183. The maximum absolute atomic E-state index is 12.7. The first-order valence-electron chi connectivity index (χ1n) is 9.62. The third-order valence-electron chi connectivity index (χ3n) is 4.90. The van der Waals surface area contributed by atoms with Gasteiger partial charge in [-0.05, 0) is 48.9 Å². The number of aliphatic carboxylic acids is 1. The predicted molar refractivity (Wildman–Crippen MR) is 125 cm³/mol. The number of carbonyl (C=O) groups excluding carboxylic acids is 2. The molecule has 32 heavy (non-hydrogen) atoms. The average molecular weight is 465 g/mol. The second kappa shape index (κ2) is 8.97. The van der Waals surface area contributed by atoms with Crippen LogP contribution in [0.4, 0.5) is 0 Å². The number of methoxy groups -OCH3 is 1. The first kappa shape index (κ1) is 21.8. The molecule has 0 aliphatic carbocycles. The summed E-state index contributed by atoms with van der Waals surface area (Å²) >= 11 is 6.25. The quantitative estimate of drug-likeness (QED) is 0.409. The molecule has 0 N–H and O–H groups in total. The van der Waals surface area contributed by atoms with Crippen molar-refractivity contribution in [3.05, 3.63) is 70.8 Å². The lowest BCUT2D eigenvalue weighted by Gasteiger charge is -2.14. The molecule has 2 aromatic carbocycles. The van der Waals surface area contributed by atoms with Gasteiger partial charge in [-0.3, -0.25) is 9.69 Å². The number of carboxylic acid groups (broad SMARTS) is 1. The summed E-state index contributed by atoms with van der Waals surface area (Å²) in [5, 5.41) is 15.8. The summed E-state index contributed by atoms with van der Waals surface area (Å²) in [5.41, 5.74) is 4.10. The van der Waals surface area contributed by atoms with Crippen molar-refractivity contribution < 1.29 is 19.4 Å². The standard InChI is InChI=1S/C23H19N3O4S2/c1-14-10-17(30-2)8-9-18(14)21-15(12-26(24-21)16-6-4-3-5-7-16)11-19-22(29)25(13-20(27)28)23(31)32-19/h3-12H,13H2,1-2H3,(H,27,28)/p-1/b19-11-. The Labute approximate surface area is 194 Å². The normalized spacial score (nSPS) is 14.9. The number of thioether (sulfide) groups is 1. The Balaban J connectivity index is 1.82. The fraction of sp³-hybridized carbons (Fsp3) is 0.130. The molecule has 3 aromatic rings. The van der Waals surface area contributed by atoms with E-state index in [0.717, 1.165) is 39.2 Å². The van der Waals surface area contributed by atoms with Crippen LogP contribution in [0.2, 0.25) is 0 Å². The molecule has 162 valence electrons. The zero-order valence-corrected chi connectivity index (χ0v) is 18.9. The van der Waals surface area contributed by atoms with Gasteiger partial charge in [0.15, 0.2) is 0 Å².